The van der Waals surface area contributed by atoms with Crippen molar-refractivity contribution >= 4 is 28.8 Å². The van der Waals surface area contributed by atoms with Gasteiger partial charge in [-0.2, -0.15) is 0 Å². The van der Waals surface area contributed by atoms with E-state index in [4.69, 9.17) is 0 Å². The molecule has 0 bridgehead atoms. The van der Waals surface area contributed by atoms with E-state index >= 15 is 0 Å². The van der Waals surface area contributed by atoms with Crippen LogP contribution in [0.4, 0.5) is 4.79 Å². The molecule has 2 fully saturated rings. The lowest BCUT2D eigenvalue weighted by atomic mass is 9.81. The molecule has 8 nitrogen and oxygen atoms in total. The number of urea groups is 1. The number of hydrogen-bond acceptors (Lipinski definition) is 3. The lowest BCUT2D eigenvalue weighted by Gasteiger charge is -2.27. The Balaban J connectivity index is 1.62. The SMILES string of the molecule is CN(C)C(=O)N1C[C@H]2CN(C(=O)c3cn(C)c4ccccc34)C[C@@]2(C(=O)O)C1. The number of carboxylic acid groups (broad SMARTS) is 1. The molecule has 3 heterocycles. The molecule has 2 aliphatic heterocycles. The van der Waals surface area contributed by atoms with E-state index in [0.717, 1.165) is 10.9 Å². The zero-order valence-corrected chi connectivity index (χ0v) is 16.3. The molecule has 1 N–H and O–H groups in total. The molecule has 28 heavy (non-hydrogen) atoms. The predicted molar refractivity (Wildman–Crippen MR) is 103 cm³/mol. The Morgan fingerprint density at radius 3 is 2.39 bits per heavy atom. The first-order valence-electron chi connectivity index (χ1n) is 9.27. The average molecular weight is 384 g/mol. The van der Waals surface area contributed by atoms with Gasteiger partial charge in [0.1, 0.15) is 5.41 Å². The summed E-state index contributed by atoms with van der Waals surface area (Å²) in [5.74, 6) is -1.37. The van der Waals surface area contributed by atoms with Crippen LogP contribution in [0, 0.1) is 11.3 Å². The molecule has 2 aromatic rings. The predicted octanol–water partition coefficient (Wildman–Crippen LogP) is 1.32. The van der Waals surface area contributed by atoms with Crippen LogP contribution in [0.1, 0.15) is 10.4 Å². The van der Waals surface area contributed by atoms with E-state index in [1.165, 1.54) is 4.90 Å². The van der Waals surface area contributed by atoms with Gasteiger partial charge in [-0.25, -0.2) is 4.79 Å². The van der Waals surface area contributed by atoms with Gasteiger partial charge in [0, 0.05) is 70.3 Å². The lowest BCUT2D eigenvalue weighted by molar-refractivity contribution is -0.148. The first-order chi connectivity index (χ1) is 13.2. The quantitative estimate of drug-likeness (QED) is 0.846. The van der Waals surface area contributed by atoms with Crippen LogP contribution in [-0.2, 0) is 11.8 Å². The Bertz CT molecular complexity index is 982. The molecule has 0 aliphatic carbocycles. The van der Waals surface area contributed by atoms with E-state index in [9.17, 15) is 19.5 Å². The van der Waals surface area contributed by atoms with Crippen LogP contribution in [0.25, 0.3) is 10.9 Å². The Hall–Kier alpha value is -3.03. The minimum absolute atomic E-state index is 0.117. The second-order valence-electron chi connectivity index (χ2n) is 8.07. The number of benzene rings is 1. The largest absolute Gasteiger partial charge is 0.481 e. The van der Waals surface area contributed by atoms with Crippen LogP contribution in [0.15, 0.2) is 30.5 Å². The molecule has 3 amide bonds. The zero-order valence-electron chi connectivity index (χ0n) is 16.3. The van der Waals surface area contributed by atoms with Gasteiger partial charge in [-0.1, -0.05) is 18.2 Å². The number of fused-ring (bicyclic) bond motifs is 2. The molecule has 8 heteroatoms. The number of hydrogen-bond donors (Lipinski definition) is 1. The average Bonchev–Trinajstić information content (AvgIpc) is 3.30. The highest BCUT2D eigenvalue weighted by Crippen LogP contribution is 2.43. The van der Waals surface area contributed by atoms with Crippen LogP contribution >= 0.6 is 0 Å². The van der Waals surface area contributed by atoms with Crippen LogP contribution in [0.5, 0.6) is 0 Å². The molecule has 2 aliphatic rings. The fraction of sp³-hybridized carbons (Fsp3) is 0.450. The van der Waals surface area contributed by atoms with Gasteiger partial charge >= 0.3 is 12.0 Å². The van der Waals surface area contributed by atoms with Crippen molar-refractivity contribution in [1.29, 1.82) is 0 Å². The normalized spacial score (nSPS) is 23.9. The summed E-state index contributed by atoms with van der Waals surface area (Å²) >= 11 is 0. The van der Waals surface area contributed by atoms with Gasteiger partial charge < -0.3 is 24.4 Å². The van der Waals surface area contributed by atoms with Crippen LogP contribution in [0.2, 0.25) is 0 Å². The van der Waals surface area contributed by atoms with Gasteiger partial charge in [-0.15, -0.1) is 0 Å². The van der Waals surface area contributed by atoms with Crippen LogP contribution < -0.4 is 0 Å². The maximum absolute atomic E-state index is 13.2. The topological polar surface area (TPSA) is 86.1 Å². The number of carbonyl (C=O) groups excluding carboxylic acids is 2. The first-order valence-corrected chi connectivity index (χ1v) is 9.27. The van der Waals surface area contributed by atoms with Crippen molar-refractivity contribution in [1.82, 2.24) is 19.3 Å². The fourth-order valence-electron chi connectivity index (χ4n) is 4.63. The number of aromatic nitrogens is 1. The second kappa shape index (κ2) is 6.25. The lowest BCUT2D eigenvalue weighted by Crippen LogP contribution is -2.45. The summed E-state index contributed by atoms with van der Waals surface area (Å²) in [6.07, 6.45) is 1.80. The van der Waals surface area contributed by atoms with Gasteiger partial charge in [0.05, 0.1) is 5.56 Å². The van der Waals surface area contributed by atoms with Crippen molar-refractivity contribution in [3.8, 4) is 0 Å². The number of para-hydroxylation sites is 1. The minimum Gasteiger partial charge on any atom is -0.481 e. The molecule has 0 radical (unpaired) electrons. The standard InChI is InChI=1S/C20H24N4O4/c1-21(2)19(28)24-9-13-8-23(11-20(13,12-24)18(26)27)17(25)15-10-22(3)16-7-5-4-6-14(15)16/h4-7,10,13H,8-9,11-12H2,1-3H3,(H,26,27)/t13-,20-/m1/s1. The highest BCUT2D eigenvalue weighted by atomic mass is 16.4. The first kappa shape index (κ1) is 18.3. The highest BCUT2D eigenvalue weighted by molar-refractivity contribution is 6.07. The summed E-state index contributed by atoms with van der Waals surface area (Å²) in [6.45, 7) is 0.934. The molecular weight excluding hydrogens is 360 g/mol. The van der Waals surface area contributed by atoms with Gasteiger partial charge in [0.15, 0.2) is 0 Å². The van der Waals surface area contributed by atoms with Crippen molar-refractivity contribution in [3.63, 3.8) is 0 Å². The molecule has 2 atom stereocenters. The maximum Gasteiger partial charge on any atom is 0.319 e. The van der Waals surface area contributed by atoms with Crippen LogP contribution in [0.3, 0.4) is 0 Å². The Morgan fingerprint density at radius 2 is 1.75 bits per heavy atom. The highest BCUT2D eigenvalue weighted by Gasteiger charge is 2.59. The molecule has 2 saturated heterocycles. The molecule has 1 aromatic heterocycles. The molecule has 0 spiro atoms. The number of carbonyl (C=O) groups is 3. The minimum atomic E-state index is -1.11. The fourth-order valence-corrected chi connectivity index (χ4v) is 4.63. The van der Waals surface area contributed by atoms with Crippen molar-refractivity contribution in [2.45, 2.75) is 0 Å². The molecule has 1 aromatic carbocycles. The Morgan fingerprint density at radius 1 is 1.11 bits per heavy atom. The number of nitrogens with zero attached hydrogens (tertiary/aromatic N) is 4. The van der Waals surface area contributed by atoms with Crippen molar-refractivity contribution in [2.75, 3.05) is 40.3 Å². The number of aryl methyl sites for hydroxylation is 1. The number of carboxylic acids is 1. The van der Waals surface area contributed by atoms with Crippen LogP contribution in [-0.4, -0.2) is 82.6 Å². The Kier molecular flexibility index (Phi) is 4.10. The van der Waals surface area contributed by atoms with E-state index in [0.29, 0.717) is 18.7 Å². The molecule has 0 saturated carbocycles. The van der Waals surface area contributed by atoms with Gasteiger partial charge in [0.2, 0.25) is 0 Å². The van der Waals surface area contributed by atoms with E-state index in [1.807, 2.05) is 35.9 Å². The third-order valence-electron chi connectivity index (χ3n) is 6.10. The van der Waals surface area contributed by atoms with Crippen molar-refractivity contribution in [3.05, 3.63) is 36.0 Å². The van der Waals surface area contributed by atoms with Gasteiger partial charge in [0.25, 0.3) is 5.91 Å². The summed E-state index contributed by atoms with van der Waals surface area (Å²) in [4.78, 5) is 42.4. The second-order valence-corrected chi connectivity index (χ2v) is 8.07. The summed E-state index contributed by atoms with van der Waals surface area (Å²) in [5, 5.41) is 10.8. The summed E-state index contributed by atoms with van der Waals surface area (Å²) in [7, 11) is 5.20. The number of likely N-dealkylation sites (tertiary alicyclic amines) is 2. The van der Waals surface area contributed by atoms with E-state index < -0.39 is 11.4 Å². The van der Waals surface area contributed by atoms with E-state index in [1.54, 1.807) is 30.1 Å². The third-order valence-corrected chi connectivity index (χ3v) is 6.10. The van der Waals surface area contributed by atoms with E-state index in [2.05, 4.69) is 0 Å². The van der Waals surface area contributed by atoms with Crippen molar-refractivity contribution in [2.24, 2.45) is 18.4 Å². The number of rotatable bonds is 2. The van der Waals surface area contributed by atoms with Crippen molar-refractivity contribution < 1.29 is 19.5 Å². The smallest absolute Gasteiger partial charge is 0.319 e. The molecule has 4 rings (SSSR count). The molecule has 0 unspecified atom stereocenters. The van der Waals surface area contributed by atoms with Gasteiger partial charge in [-0.05, 0) is 6.07 Å². The Labute approximate surface area is 162 Å². The summed E-state index contributed by atoms with van der Waals surface area (Å²) < 4.78 is 1.91. The molecular formula is C20H24N4O4. The number of aliphatic carboxylic acids is 1. The summed E-state index contributed by atoms with van der Waals surface area (Å²) in [6, 6.07) is 7.48. The number of amides is 3. The van der Waals surface area contributed by atoms with Gasteiger partial charge in [-0.3, -0.25) is 9.59 Å². The van der Waals surface area contributed by atoms with E-state index in [-0.39, 0.29) is 30.9 Å². The third kappa shape index (κ3) is 2.55. The maximum atomic E-state index is 13.2. The zero-order chi connectivity index (χ0) is 20.2. The monoisotopic (exact) mass is 384 g/mol. The summed E-state index contributed by atoms with van der Waals surface area (Å²) in [5.41, 5.74) is 0.437. The molecule has 148 valence electrons.